The molecule has 0 aromatic rings. The topological polar surface area (TPSA) is 119 Å². The van der Waals surface area contributed by atoms with Gasteiger partial charge in [0.05, 0.1) is 6.61 Å². The van der Waals surface area contributed by atoms with Gasteiger partial charge < -0.3 is 19.3 Å². The van der Waals surface area contributed by atoms with E-state index in [2.05, 4.69) is 25.3 Å². The Morgan fingerprint density at radius 2 is 0.857 bits per heavy atom. The molecule has 0 aliphatic carbocycles. The van der Waals surface area contributed by atoms with Crippen molar-refractivity contribution in [3.63, 3.8) is 0 Å². The molecule has 0 spiro atoms. The molecule has 0 unspecified atom stereocenters. The molecule has 0 aromatic carbocycles. The summed E-state index contributed by atoms with van der Waals surface area (Å²) in [6, 6.07) is 0. The molecule has 49 heavy (non-hydrogen) atoms. The Hall–Kier alpha value is -0.950. The maximum Gasteiger partial charge on any atom is 0.469 e. The smallest absolute Gasteiger partial charge is 0.462 e. The minimum absolute atomic E-state index is 0.218. The van der Waals surface area contributed by atoms with E-state index in [9.17, 15) is 14.2 Å². The first-order chi connectivity index (χ1) is 23.6. The Balaban J connectivity index is 3.85. The predicted molar refractivity (Wildman–Crippen MR) is 202 cm³/mol. The first-order valence-electron chi connectivity index (χ1n) is 20.7. The molecule has 2 N–H and O–H groups in total. The summed E-state index contributed by atoms with van der Waals surface area (Å²) in [5.74, 6) is -0.0728. The molecule has 292 valence electrons. The van der Waals surface area contributed by atoms with Gasteiger partial charge in [0.1, 0.15) is 6.61 Å². The molecule has 0 saturated carbocycles. The molecular weight excluding hydrogens is 639 g/mol. The third kappa shape index (κ3) is 39.7. The monoisotopic (exact) mass is 719 g/mol. The molecule has 0 heterocycles. The summed E-state index contributed by atoms with van der Waals surface area (Å²) in [6.45, 7) is 6.02. The lowest BCUT2D eigenvalue weighted by molar-refractivity contribution is -0.161. The van der Waals surface area contributed by atoms with Gasteiger partial charge in [0.25, 0.3) is 0 Å². The van der Waals surface area contributed by atoms with Crippen LogP contribution in [0, 0.1) is 5.92 Å². The van der Waals surface area contributed by atoms with Crippen molar-refractivity contribution in [1.29, 1.82) is 0 Å². The van der Waals surface area contributed by atoms with Crippen molar-refractivity contribution in [2.24, 2.45) is 5.92 Å². The average molecular weight is 719 g/mol. The molecule has 0 aliphatic heterocycles. The Kier molecular flexibility index (Phi) is 34.8. The summed E-state index contributed by atoms with van der Waals surface area (Å²) in [7, 11) is -4.74. The second-order valence-corrected chi connectivity index (χ2v) is 16.0. The number of carbonyl (C=O) groups is 2. The zero-order chi connectivity index (χ0) is 36.3. The average Bonchev–Trinajstić information content (AvgIpc) is 3.05. The van der Waals surface area contributed by atoms with E-state index >= 15 is 0 Å². The molecule has 0 saturated heterocycles. The molecule has 8 nitrogen and oxygen atoms in total. The van der Waals surface area contributed by atoms with Gasteiger partial charge in [-0.2, -0.15) is 0 Å². The molecule has 0 bridgehead atoms. The van der Waals surface area contributed by atoms with Crippen molar-refractivity contribution < 1.29 is 37.9 Å². The van der Waals surface area contributed by atoms with E-state index in [1.807, 2.05) is 0 Å². The second-order valence-electron chi connectivity index (χ2n) is 14.8. The minimum Gasteiger partial charge on any atom is -0.462 e. The van der Waals surface area contributed by atoms with Gasteiger partial charge in [0, 0.05) is 12.8 Å². The van der Waals surface area contributed by atoms with E-state index in [1.54, 1.807) is 0 Å². The van der Waals surface area contributed by atoms with E-state index in [0.717, 1.165) is 44.4 Å². The van der Waals surface area contributed by atoms with Gasteiger partial charge in [-0.3, -0.25) is 14.1 Å². The third-order valence-corrected chi connectivity index (χ3v) is 9.79. The summed E-state index contributed by atoms with van der Waals surface area (Å²) >= 11 is 0. The number of hydrogen-bond acceptors (Lipinski definition) is 6. The highest BCUT2D eigenvalue weighted by molar-refractivity contribution is 7.46. The van der Waals surface area contributed by atoms with E-state index in [4.69, 9.17) is 19.3 Å². The summed E-state index contributed by atoms with van der Waals surface area (Å²) in [4.78, 5) is 42.8. The van der Waals surface area contributed by atoms with Crippen LogP contribution in [0.5, 0.6) is 0 Å². The maximum absolute atomic E-state index is 12.4. The summed E-state index contributed by atoms with van der Waals surface area (Å²) < 4.78 is 26.4. The van der Waals surface area contributed by atoms with Crippen LogP contribution in [0.2, 0.25) is 0 Å². The largest absolute Gasteiger partial charge is 0.469 e. The van der Waals surface area contributed by atoms with E-state index < -0.39 is 32.5 Å². The number of unbranched alkanes of at least 4 members (excludes halogenated alkanes) is 26. The van der Waals surface area contributed by atoms with Crippen LogP contribution in [0.15, 0.2) is 0 Å². The fraction of sp³-hybridized carbons (Fsp3) is 0.950. The Morgan fingerprint density at radius 1 is 0.510 bits per heavy atom. The highest BCUT2D eigenvalue weighted by Gasteiger charge is 2.22. The molecular formula is C40H79O8P. The molecule has 1 atom stereocenters. The van der Waals surface area contributed by atoms with Gasteiger partial charge in [-0.25, -0.2) is 4.57 Å². The number of phosphoric ester groups is 1. The number of hydrogen-bond donors (Lipinski definition) is 2. The van der Waals surface area contributed by atoms with Crippen LogP contribution in [0.25, 0.3) is 0 Å². The lowest BCUT2D eigenvalue weighted by Crippen LogP contribution is -2.29. The Morgan fingerprint density at radius 3 is 1.22 bits per heavy atom. The highest BCUT2D eigenvalue weighted by Crippen LogP contribution is 2.36. The summed E-state index contributed by atoms with van der Waals surface area (Å²) in [6.07, 6.45) is 35.5. The van der Waals surface area contributed by atoms with Crippen LogP contribution in [-0.4, -0.2) is 41.0 Å². The Bertz CT molecular complexity index is 784. The molecule has 0 fully saturated rings. The van der Waals surface area contributed by atoms with Crippen molar-refractivity contribution in [3.8, 4) is 0 Å². The quantitative estimate of drug-likeness (QED) is 0.0368. The van der Waals surface area contributed by atoms with Crippen molar-refractivity contribution in [2.75, 3.05) is 13.2 Å². The van der Waals surface area contributed by atoms with Gasteiger partial charge in [-0.1, -0.05) is 194 Å². The Labute approximate surface area is 302 Å². The number of phosphoric acid groups is 1. The van der Waals surface area contributed by atoms with Crippen LogP contribution in [0.4, 0.5) is 0 Å². The maximum atomic E-state index is 12.4. The van der Waals surface area contributed by atoms with Crippen molar-refractivity contribution >= 4 is 19.8 Å². The zero-order valence-corrected chi connectivity index (χ0v) is 33.2. The third-order valence-electron chi connectivity index (χ3n) is 9.30. The van der Waals surface area contributed by atoms with Gasteiger partial charge in [-0.15, -0.1) is 0 Å². The first kappa shape index (κ1) is 48.0. The second kappa shape index (κ2) is 35.5. The normalized spacial score (nSPS) is 12.4. The van der Waals surface area contributed by atoms with Gasteiger partial charge in [0.15, 0.2) is 6.10 Å². The molecule has 0 radical (unpaired) electrons. The van der Waals surface area contributed by atoms with Crippen LogP contribution in [-0.2, 0) is 28.2 Å². The minimum atomic E-state index is -4.74. The highest BCUT2D eigenvalue weighted by atomic mass is 31.2. The number of ether oxygens (including phenoxy) is 2. The van der Waals surface area contributed by atoms with Gasteiger partial charge in [-0.05, 0) is 18.8 Å². The fourth-order valence-corrected chi connectivity index (χ4v) is 6.57. The lowest BCUT2D eigenvalue weighted by Gasteiger charge is -2.18. The van der Waals surface area contributed by atoms with Crippen molar-refractivity contribution in [1.82, 2.24) is 0 Å². The summed E-state index contributed by atoms with van der Waals surface area (Å²) in [5.41, 5.74) is 0. The van der Waals surface area contributed by atoms with Crippen LogP contribution >= 0.6 is 7.82 Å². The van der Waals surface area contributed by atoms with Gasteiger partial charge in [0.2, 0.25) is 0 Å². The molecule has 0 aliphatic rings. The first-order valence-corrected chi connectivity index (χ1v) is 22.2. The standard InChI is InChI=1S/C40H79O8P/c1-4-5-6-7-8-9-10-11-12-13-14-15-16-17-21-24-27-30-33-39(41)46-35-38(36-47-49(43,44)45)48-40(42)34-31-28-25-22-19-18-20-23-26-29-32-37(2)3/h37-38H,4-36H2,1-3H3,(H2,43,44,45)/t38-/m1/s1. The zero-order valence-electron chi connectivity index (χ0n) is 32.3. The molecule has 0 aromatic heterocycles. The van der Waals surface area contributed by atoms with Crippen molar-refractivity contribution in [2.45, 2.75) is 226 Å². The van der Waals surface area contributed by atoms with Crippen LogP contribution in [0.3, 0.4) is 0 Å². The van der Waals surface area contributed by atoms with E-state index in [-0.39, 0.29) is 19.4 Å². The number of rotatable bonds is 38. The van der Waals surface area contributed by atoms with Crippen molar-refractivity contribution in [3.05, 3.63) is 0 Å². The number of esters is 2. The fourth-order valence-electron chi connectivity index (χ4n) is 6.21. The molecule has 0 amide bonds. The molecule has 0 rings (SSSR count). The SMILES string of the molecule is CCCCCCCCCCCCCCCCCCCCC(=O)OC[C@H](COP(=O)(O)O)OC(=O)CCCCCCCCCCCCC(C)C. The summed E-state index contributed by atoms with van der Waals surface area (Å²) in [5, 5.41) is 0. The van der Waals surface area contributed by atoms with Crippen LogP contribution in [0.1, 0.15) is 220 Å². The predicted octanol–water partition coefficient (Wildman–Crippen LogP) is 12.3. The number of carbonyl (C=O) groups excluding carboxylic acids is 2. The van der Waals surface area contributed by atoms with Gasteiger partial charge >= 0.3 is 19.8 Å². The molecule has 9 heteroatoms. The van der Waals surface area contributed by atoms with E-state index in [1.165, 1.54) is 141 Å². The van der Waals surface area contributed by atoms with E-state index in [0.29, 0.717) is 6.42 Å². The lowest BCUT2D eigenvalue weighted by atomic mass is 10.0. The van der Waals surface area contributed by atoms with Crippen LogP contribution < -0.4 is 0 Å².